The summed E-state index contributed by atoms with van der Waals surface area (Å²) < 4.78 is 0. The van der Waals surface area contributed by atoms with Crippen LogP contribution in [0.15, 0.2) is 54.6 Å². The van der Waals surface area contributed by atoms with Crippen molar-refractivity contribution in [2.45, 2.75) is 32.9 Å². The van der Waals surface area contributed by atoms with Crippen molar-refractivity contribution in [3.63, 3.8) is 0 Å². The van der Waals surface area contributed by atoms with E-state index in [1.54, 1.807) is 0 Å². The molecule has 0 fully saturated rings. The summed E-state index contributed by atoms with van der Waals surface area (Å²) in [4.78, 5) is 2.51. The lowest BCUT2D eigenvalue weighted by Crippen LogP contribution is -2.34. The Kier molecular flexibility index (Phi) is 5.19. The Hall–Kier alpha value is -1.80. The van der Waals surface area contributed by atoms with E-state index >= 15 is 0 Å². The van der Waals surface area contributed by atoms with Gasteiger partial charge >= 0.3 is 0 Å². The monoisotopic (exact) mass is 268 g/mol. The van der Waals surface area contributed by atoms with Gasteiger partial charge in [-0.1, -0.05) is 49.4 Å². The molecule has 0 bridgehead atoms. The molecule has 2 aromatic rings. The average molecular weight is 268 g/mol. The molecule has 2 rings (SSSR count). The summed E-state index contributed by atoms with van der Waals surface area (Å²) in [5.41, 5.74) is 9.29. The average Bonchev–Trinajstić information content (AvgIpc) is 2.48. The van der Waals surface area contributed by atoms with Crippen molar-refractivity contribution in [1.82, 2.24) is 4.90 Å². The normalized spacial score (nSPS) is 12.6. The fourth-order valence-corrected chi connectivity index (χ4v) is 2.52. The largest absolute Gasteiger partial charge is 0.399 e. The van der Waals surface area contributed by atoms with Gasteiger partial charge in [0.1, 0.15) is 0 Å². The topological polar surface area (TPSA) is 29.3 Å². The van der Waals surface area contributed by atoms with E-state index in [1.165, 1.54) is 11.1 Å². The van der Waals surface area contributed by atoms with Crippen LogP contribution in [0, 0.1) is 0 Å². The maximum Gasteiger partial charge on any atom is 0.0314 e. The van der Waals surface area contributed by atoms with Crippen molar-refractivity contribution < 1.29 is 0 Å². The van der Waals surface area contributed by atoms with Crippen LogP contribution >= 0.6 is 0 Å². The summed E-state index contributed by atoms with van der Waals surface area (Å²) in [5.74, 6) is 0. The molecule has 0 aliphatic heterocycles. The number of nitrogens with two attached hydrogens (primary N) is 1. The Labute approximate surface area is 122 Å². The lowest BCUT2D eigenvalue weighted by atomic mass is 10.0. The molecule has 0 aliphatic rings. The predicted molar refractivity (Wildman–Crippen MR) is 86.5 cm³/mol. The van der Waals surface area contributed by atoms with Gasteiger partial charge in [-0.05, 0) is 43.1 Å². The molecule has 0 aliphatic carbocycles. The molecule has 0 radical (unpaired) electrons. The molecule has 2 nitrogen and oxygen atoms in total. The Balaban J connectivity index is 1.98. The van der Waals surface area contributed by atoms with Gasteiger partial charge in [-0.15, -0.1) is 0 Å². The van der Waals surface area contributed by atoms with Gasteiger partial charge in [0.25, 0.3) is 0 Å². The molecule has 106 valence electrons. The van der Waals surface area contributed by atoms with Gasteiger partial charge < -0.3 is 5.73 Å². The van der Waals surface area contributed by atoms with Crippen LogP contribution in [0.25, 0.3) is 0 Å². The highest BCUT2D eigenvalue weighted by Gasteiger charge is 2.13. The minimum Gasteiger partial charge on any atom is -0.399 e. The van der Waals surface area contributed by atoms with Gasteiger partial charge in [-0.2, -0.15) is 0 Å². The Morgan fingerprint density at radius 2 is 1.60 bits per heavy atom. The highest BCUT2D eigenvalue weighted by Crippen LogP contribution is 2.14. The molecule has 1 atom stereocenters. The van der Waals surface area contributed by atoms with Gasteiger partial charge in [-0.3, -0.25) is 4.90 Å². The van der Waals surface area contributed by atoms with Crippen LogP contribution in [0.2, 0.25) is 0 Å². The summed E-state index contributed by atoms with van der Waals surface area (Å²) in [6.07, 6.45) is 1.06. The van der Waals surface area contributed by atoms with Crippen molar-refractivity contribution in [2.24, 2.45) is 0 Å². The number of rotatable bonds is 6. The molecule has 0 amide bonds. The van der Waals surface area contributed by atoms with E-state index in [4.69, 9.17) is 5.73 Å². The molecular weight excluding hydrogens is 244 g/mol. The Morgan fingerprint density at radius 1 is 0.950 bits per heavy atom. The second kappa shape index (κ2) is 7.11. The summed E-state index contributed by atoms with van der Waals surface area (Å²) in [6, 6.07) is 19.4. The van der Waals surface area contributed by atoms with E-state index < -0.39 is 0 Å². The first kappa shape index (κ1) is 14.6. The maximum atomic E-state index is 5.74. The van der Waals surface area contributed by atoms with E-state index in [2.05, 4.69) is 61.2 Å². The fourth-order valence-electron chi connectivity index (χ4n) is 2.52. The van der Waals surface area contributed by atoms with Gasteiger partial charge in [0.15, 0.2) is 0 Å². The van der Waals surface area contributed by atoms with E-state index in [9.17, 15) is 0 Å². The number of nitrogen functional groups attached to an aromatic ring is 1. The second-order valence-corrected chi connectivity index (χ2v) is 5.34. The second-order valence-electron chi connectivity index (χ2n) is 5.34. The molecule has 1 unspecified atom stereocenters. The zero-order valence-electron chi connectivity index (χ0n) is 12.4. The molecule has 0 heterocycles. The van der Waals surface area contributed by atoms with Crippen molar-refractivity contribution in [2.75, 3.05) is 12.3 Å². The van der Waals surface area contributed by atoms with Gasteiger partial charge in [0, 0.05) is 18.3 Å². The predicted octanol–water partition coefficient (Wildman–Crippen LogP) is 3.72. The SMILES string of the molecule is CCN(Cc1ccccc1)C(C)Cc1ccc(N)cc1. The number of hydrogen-bond donors (Lipinski definition) is 1. The maximum absolute atomic E-state index is 5.74. The van der Waals surface area contributed by atoms with Crippen LogP contribution < -0.4 is 5.73 Å². The summed E-state index contributed by atoms with van der Waals surface area (Å²) >= 11 is 0. The first-order valence-corrected chi connectivity index (χ1v) is 7.31. The fraction of sp³-hybridized carbons (Fsp3) is 0.333. The van der Waals surface area contributed by atoms with Gasteiger partial charge in [0.05, 0.1) is 0 Å². The molecule has 0 aromatic heterocycles. The number of likely N-dealkylation sites (N-methyl/N-ethyl adjacent to an activating group) is 1. The molecule has 2 aromatic carbocycles. The minimum absolute atomic E-state index is 0.517. The van der Waals surface area contributed by atoms with E-state index in [1.807, 2.05) is 12.1 Å². The first-order valence-electron chi connectivity index (χ1n) is 7.31. The van der Waals surface area contributed by atoms with Crippen molar-refractivity contribution in [1.29, 1.82) is 0 Å². The highest BCUT2D eigenvalue weighted by molar-refractivity contribution is 5.39. The van der Waals surface area contributed by atoms with Gasteiger partial charge in [-0.25, -0.2) is 0 Å². The lowest BCUT2D eigenvalue weighted by molar-refractivity contribution is 0.209. The number of hydrogen-bond acceptors (Lipinski definition) is 2. The third-order valence-electron chi connectivity index (χ3n) is 3.77. The zero-order chi connectivity index (χ0) is 14.4. The van der Waals surface area contributed by atoms with Crippen LogP contribution in [0.3, 0.4) is 0 Å². The van der Waals surface area contributed by atoms with Crippen LogP contribution in [0.5, 0.6) is 0 Å². The minimum atomic E-state index is 0.517. The third kappa shape index (κ3) is 4.10. The standard InChI is InChI=1S/C18H24N2/c1-3-20(14-17-7-5-4-6-8-17)15(2)13-16-9-11-18(19)12-10-16/h4-12,15H,3,13-14,19H2,1-2H3. The van der Waals surface area contributed by atoms with Gasteiger partial charge in [0.2, 0.25) is 0 Å². The quantitative estimate of drug-likeness (QED) is 0.809. The van der Waals surface area contributed by atoms with Crippen molar-refractivity contribution in [3.05, 3.63) is 65.7 Å². The summed E-state index contributed by atoms with van der Waals surface area (Å²) in [6.45, 7) is 6.59. The van der Waals surface area contributed by atoms with Crippen molar-refractivity contribution >= 4 is 5.69 Å². The molecule has 20 heavy (non-hydrogen) atoms. The van der Waals surface area contributed by atoms with Crippen molar-refractivity contribution in [3.8, 4) is 0 Å². The van der Waals surface area contributed by atoms with E-state index in [0.29, 0.717) is 6.04 Å². The summed E-state index contributed by atoms with van der Waals surface area (Å²) in [7, 11) is 0. The van der Waals surface area contributed by atoms with E-state index in [-0.39, 0.29) is 0 Å². The van der Waals surface area contributed by atoms with Crippen LogP contribution in [0.1, 0.15) is 25.0 Å². The molecule has 2 heteroatoms. The molecule has 0 saturated carbocycles. The third-order valence-corrected chi connectivity index (χ3v) is 3.77. The van der Waals surface area contributed by atoms with Crippen LogP contribution in [-0.4, -0.2) is 17.5 Å². The lowest BCUT2D eigenvalue weighted by Gasteiger charge is -2.28. The number of nitrogens with zero attached hydrogens (tertiary/aromatic N) is 1. The van der Waals surface area contributed by atoms with E-state index in [0.717, 1.165) is 25.2 Å². The number of anilines is 1. The Bertz CT molecular complexity index is 505. The Morgan fingerprint density at radius 3 is 2.20 bits per heavy atom. The molecule has 2 N–H and O–H groups in total. The first-order chi connectivity index (χ1) is 9.69. The molecule has 0 saturated heterocycles. The highest BCUT2D eigenvalue weighted by atomic mass is 15.1. The smallest absolute Gasteiger partial charge is 0.0314 e. The van der Waals surface area contributed by atoms with Crippen LogP contribution in [-0.2, 0) is 13.0 Å². The summed E-state index contributed by atoms with van der Waals surface area (Å²) in [5, 5.41) is 0. The molecule has 0 spiro atoms. The number of benzene rings is 2. The zero-order valence-corrected chi connectivity index (χ0v) is 12.4. The molecular formula is C18H24N2. The van der Waals surface area contributed by atoms with Crippen LogP contribution in [0.4, 0.5) is 5.69 Å².